The summed E-state index contributed by atoms with van der Waals surface area (Å²) in [6, 6.07) is 9.66. The Labute approximate surface area is 199 Å². The quantitative estimate of drug-likeness (QED) is 0.379. The van der Waals surface area contributed by atoms with Crippen LogP contribution in [0.4, 0.5) is 0 Å². The Morgan fingerprint density at radius 1 is 1.16 bits per heavy atom. The van der Waals surface area contributed by atoms with Crippen molar-refractivity contribution in [1.29, 1.82) is 0 Å². The monoisotopic (exact) mass is 492 g/mol. The Morgan fingerprint density at radius 3 is 2.47 bits per heavy atom. The van der Waals surface area contributed by atoms with E-state index in [2.05, 4.69) is 20.8 Å². The summed E-state index contributed by atoms with van der Waals surface area (Å²) in [7, 11) is -3.74. The van der Waals surface area contributed by atoms with Gasteiger partial charge in [-0.15, -0.1) is 0 Å². The zero-order valence-electron chi connectivity index (χ0n) is 18.4. The maximum atomic E-state index is 12.9. The maximum absolute atomic E-state index is 12.9. The third kappa shape index (κ3) is 6.10. The van der Waals surface area contributed by atoms with E-state index in [0.717, 1.165) is 6.42 Å². The average Bonchev–Trinajstić information content (AvgIpc) is 3.28. The van der Waals surface area contributed by atoms with Crippen LogP contribution in [-0.2, 0) is 14.8 Å². The fraction of sp³-hybridized carbons (Fsp3) is 0.391. The van der Waals surface area contributed by atoms with Crippen LogP contribution in [0.3, 0.4) is 0 Å². The molecule has 0 bridgehead atoms. The molecule has 2 N–H and O–H groups in total. The predicted molar refractivity (Wildman–Crippen MR) is 133 cm³/mol. The fourth-order valence-corrected chi connectivity index (χ4v) is 5.64. The second-order valence-corrected chi connectivity index (χ2v) is 11.5. The van der Waals surface area contributed by atoms with E-state index in [1.165, 1.54) is 36.7 Å². The zero-order chi connectivity index (χ0) is 23.5. The number of carbonyl (C=O) groups excluding carboxylic acids is 1. The molecule has 1 aromatic carbocycles. The lowest BCUT2D eigenvalue weighted by Crippen LogP contribution is -2.32. The summed E-state index contributed by atoms with van der Waals surface area (Å²) in [5.41, 5.74) is 0.708. The van der Waals surface area contributed by atoms with Gasteiger partial charge in [0.1, 0.15) is 15.8 Å². The highest BCUT2D eigenvalue weighted by Gasteiger charge is 2.33. The third-order valence-electron chi connectivity index (χ3n) is 5.32. The van der Waals surface area contributed by atoms with Crippen molar-refractivity contribution in [2.75, 3.05) is 6.54 Å². The summed E-state index contributed by atoms with van der Waals surface area (Å²) < 4.78 is 29.2. The first-order chi connectivity index (χ1) is 15.1. The fourth-order valence-electron chi connectivity index (χ4n) is 3.86. The molecule has 9 heteroatoms. The highest BCUT2D eigenvalue weighted by Crippen LogP contribution is 2.34. The Kier molecular flexibility index (Phi) is 7.97. The van der Waals surface area contributed by atoms with E-state index in [4.69, 9.17) is 21.8 Å². The number of carbonyl (C=O) groups is 1. The number of nitrogens with two attached hydrogens (primary N) is 1. The van der Waals surface area contributed by atoms with E-state index in [9.17, 15) is 13.2 Å². The molecule has 32 heavy (non-hydrogen) atoms. The number of sulfonamides is 1. The second kappa shape index (κ2) is 10.3. The lowest BCUT2D eigenvalue weighted by Gasteiger charge is -2.22. The van der Waals surface area contributed by atoms with Crippen LogP contribution >= 0.6 is 24.0 Å². The van der Waals surface area contributed by atoms with Gasteiger partial charge in [0.2, 0.25) is 10.0 Å². The number of rotatable bonds is 9. The van der Waals surface area contributed by atoms with E-state index in [-0.39, 0.29) is 10.8 Å². The minimum atomic E-state index is -3.74. The molecule has 1 saturated heterocycles. The van der Waals surface area contributed by atoms with Gasteiger partial charge in [0.25, 0.3) is 5.91 Å². The molecular weight excluding hydrogens is 464 g/mol. The lowest BCUT2D eigenvalue weighted by molar-refractivity contribution is -0.122. The van der Waals surface area contributed by atoms with E-state index in [1.807, 2.05) is 0 Å². The smallest absolute Gasteiger partial charge is 0.266 e. The molecule has 1 fully saturated rings. The number of hydrogen-bond donors (Lipinski definition) is 1. The number of furan rings is 1. The molecule has 2 atom stereocenters. The summed E-state index contributed by atoms with van der Waals surface area (Å²) in [6.07, 6.45) is 5.12. The van der Waals surface area contributed by atoms with Crippen molar-refractivity contribution in [2.24, 2.45) is 17.0 Å². The van der Waals surface area contributed by atoms with Gasteiger partial charge in [-0.25, -0.2) is 13.6 Å². The van der Waals surface area contributed by atoms with Gasteiger partial charge in [-0.2, -0.15) is 0 Å². The molecule has 0 aliphatic carbocycles. The first kappa shape index (κ1) is 24.7. The molecule has 6 nitrogen and oxygen atoms in total. The SMILES string of the molecule is CCCC(C)CC(C)CN1C(=O)C(=Cc2ccc(-c3ccc(S(N)(=O)=O)cc3)o2)SC1=S. The summed E-state index contributed by atoms with van der Waals surface area (Å²) in [5.74, 6) is 2.00. The Hall–Kier alpha value is -1.94. The number of amides is 1. The van der Waals surface area contributed by atoms with Gasteiger partial charge >= 0.3 is 0 Å². The molecule has 172 valence electrons. The minimum Gasteiger partial charge on any atom is -0.457 e. The van der Waals surface area contributed by atoms with E-state index < -0.39 is 10.0 Å². The molecule has 1 aliphatic heterocycles. The number of hydrogen-bond acceptors (Lipinski definition) is 6. The average molecular weight is 493 g/mol. The molecule has 1 aromatic heterocycles. The Bertz CT molecular complexity index is 1120. The molecule has 0 radical (unpaired) electrons. The molecule has 2 heterocycles. The normalized spacial score (nSPS) is 17.9. The van der Waals surface area contributed by atoms with Gasteiger partial charge in [0.15, 0.2) is 0 Å². The zero-order valence-corrected chi connectivity index (χ0v) is 20.9. The van der Waals surface area contributed by atoms with Crippen molar-refractivity contribution < 1.29 is 17.6 Å². The topological polar surface area (TPSA) is 93.6 Å². The first-order valence-electron chi connectivity index (χ1n) is 10.6. The molecule has 2 aromatic rings. The van der Waals surface area contributed by atoms with Crippen molar-refractivity contribution in [3.8, 4) is 11.3 Å². The van der Waals surface area contributed by atoms with Gasteiger partial charge in [0, 0.05) is 18.2 Å². The van der Waals surface area contributed by atoms with Crippen LogP contribution in [-0.4, -0.2) is 30.1 Å². The van der Waals surface area contributed by atoms with Crippen LogP contribution in [0.2, 0.25) is 0 Å². The van der Waals surface area contributed by atoms with Crippen molar-refractivity contribution >= 4 is 50.3 Å². The third-order valence-corrected chi connectivity index (χ3v) is 7.63. The van der Waals surface area contributed by atoms with Crippen LogP contribution in [0, 0.1) is 11.8 Å². The minimum absolute atomic E-state index is 0.0371. The Balaban J connectivity index is 1.69. The van der Waals surface area contributed by atoms with Gasteiger partial charge in [0.05, 0.1) is 9.80 Å². The Morgan fingerprint density at radius 2 is 1.84 bits per heavy atom. The number of nitrogens with zero attached hydrogens (tertiary/aromatic N) is 1. The van der Waals surface area contributed by atoms with Gasteiger partial charge in [-0.3, -0.25) is 9.69 Å². The van der Waals surface area contributed by atoms with Crippen molar-refractivity contribution in [3.63, 3.8) is 0 Å². The van der Waals surface area contributed by atoms with Crippen LogP contribution in [0.5, 0.6) is 0 Å². The standard InChI is InChI=1S/C23H28N2O4S3/c1-4-5-15(2)12-16(3)14-25-22(26)21(31-23(25)30)13-18-8-11-20(29-18)17-6-9-19(10-7-17)32(24,27)28/h6-11,13,15-16H,4-5,12,14H2,1-3H3,(H2,24,27,28). The predicted octanol–water partition coefficient (Wildman–Crippen LogP) is 5.26. The van der Waals surface area contributed by atoms with Crippen molar-refractivity contribution in [2.45, 2.75) is 44.9 Å². The van der Waals surface area contributed by atoms with Crippen molar-refractivity contribution in [1.82, 2.24) is 4.90 Å². The highest BCUT2D eigenvalue weighted by molar-refractivity contribution is 8.26. The van der Waals surface area contributed by atoms with Gasteiger partial charge in [-0.05, 0) is 54.7 Å². The van der Waals surface area contributed by atoms with Crippen LogP contribution in [0.25, 0.3) is 17.4 Å². The van der Waals surface area contributed by atoms with E-state index in [1.54, 1.807) is 35.2 Å². The van der Waals surface area contributed by atoms with Gasteiger partial charge < -0.3 is 4.42 Å². The molecular formula is C23H28N2O4S3. The summed E-state index contributed by atoms with van der Waals surface area (Å²) in [5, 5.41) is 5.14. The molecule has 2 unspecified atom stereocenters. The highest BCUT2D eigenvalue weighted by atomic mass is 32.2. The number of thiocarbonyl (C=S) groups is 1. The number of thioether (sulfide) groups is 1. The summed E-state index contributed by atoms with van der Waals surface area (Å²) in [6.45, 7) is 7.22. The summed E-state index contributed by atoms with van der Waals surface area (Å²) in [4.78, 5) is 15.2. The lowest BCUT2D eigenvalue weighted by atomic mass is 9.93. The first-order valence-corrected chi connectivity index (χ1v) is 13.3. The largest absolute Gasteiger partial charge is 0.457 e. The molecule has 0 spiro atoms. The number of primary sulfonamides is 1. The van der Waals surface area contributed by atoms with E-state index in [0.29, 0.717) is 44.7 Å². The van der Waals surface area contributed by atoms with Crippen LogP contribution in [0.1, 0.15) is 45.8 Å². The molecule has 3 rings (SSSR count). The summed E-state index contributed by atoms with van der Waals surface area (Å²) >= 11 is 6.74. The molecule has 0 saturated carbocycles. The van der Waals surface area contributed by atoms with Crippen LogP contribution in [0.15, 0.2) is 50.6 Å². The molecule has 1 amide bonds. The van der Waals surface area contributed by atoms with E-state index >= 15 is 0 Å². The second-order valence-electron chi connectivity index (χ2n) is 8.30. The maximum Gasteiger partial charge on any atom is 0.266 e. The van der Waals surface area contributed by atoms with Crippen LogP contribution < -0.4 is 5.14 Å². The van der Waals surface area contributed by atoms with Gasteiger partial charge in [-0.1, -0.05) is 57.6 Å². The number of benzene rings is 1. The van der Waals surface area contributed by atoms with Crippen molar-refractivity contribution in [3.05, 3.63) is 47.1 Å². The molecule has 1 aliphatic rings.